The summed E-state index contributed by atoms with van der Waals surface area (Å²) in [6.07, 6.45) is -1.90. The van der Waals surface area contributed by atoms with Crippen molar-refractivity contribution in [1.82, 2.24) is 15.1 Å². The Hall–Kier alpha value is -1.75. The molecule has 0 saturated heterocycles. The van der Waals surface area contributed by atoms with Gasteiger partial charge in [0.2, 0.25) is 0 Å². The average Bonchev–Trinajstić information content (AvgIpc) is 2.79. The van der Waals surface area contributed by atoms with Gasteiger partial charge in [0.15, 0.2) is 0 Å². The number of rotatable bonds is 2. The highest BCUT2D eigenvalue weighted by atomic mass is 19.3. The number of fused-ring (bicyclic) bond motifs is 1. The Morgan fingerprint density at radius 1 is 1.22 bits per heavy atom. The van der Waals surface area contributed by atoms with Crippen LogP contribution in [-0.4, -0.2) is 16.3 Å². The van der Waals surface area contributed by atoms with E-state index in [0.717, 1.165) is 17.9 Å². The highest BCUT2D eigenvalue weighted by molar-refractivity contribution is 5.39. The normalized spacial score (nSPS) is 14.8. The Kier molecular flexibility index (Phi) is 2.83. The first kappa shape index (κ1) is 11.3. The Bertz CT molecular complexity index is 549. The fraction of sp³-hybridized carbons (Fsp3) is 0.308. The lowest BCUT2D eigenvalue weighted by Crippen LogP contribution is -2.25. The molecular weight excluding hydrogens is 236 g/mol. The molecule has 1 N–H and O–H groups in total. The first-order valence-electron chi connectivity index (χ1n) is 5.92. The second-order valence-electron chi connectivity index (χ2n) is 4.29. The molecule has 3 nitrogen and oxygen atoms in total. The average molecular weight is 249 g/mol. The number of nitrogens with zero attached hydrogens (tertiary/aromatic N) is 2. The fourth-order valence-electron chi connectivity index (χ4n) is 2.34. The topological polar surface area (TPSA) is 29.9 Å². The molecule has 0 bridgehead atoms. The van der Waals surface area contributed by atoms with Crippen molar-refractivity contribution >= 4 is 0 Å². The van der Waals surface area contributed by atoms with Gasteiger partial charge in [-0.1, -0.05) is 18.2 Å². The maximum absolute atomic E-state index is 13.0. The summed E-state index contributed by atoms with van der Waals surface area (Å²) in [5, 5.41) is 7.29. The van der Waals surface area contributed by atoms with Crippen molar-refractivity contribution in [3.05, 3.63) is 47.3 Å². The molecule has 0 radical (unpaired) electrons. The van der Waals surface area contributed by atoms with Crippen LogP contribution in [0.25, 0.3) is 5.69 Å². The van der Waals surface area contributed by atoms with Gasteiger partial charge in [-0.2, -0.15) is 5.10 Å². The van der Waals surface area contributed by atoms with Gasteiger partial charge in [0, 0.05) is 12.1 Å². The number of halogens is 2. The molecule has 0 unspecified atom stereocenters. The Balaban J connectivity index is 2.15. The van der Waals surface area contributed by atoms with Gasteiger partial charge >= 0.3 is 0 Å². The predicted molar refractivity (Wildman–Crippen MR) is 63.9 cm³/mol. The van der Waals surface area contributed by atoms with Gasteiger partial charge in [-0.25, -0.2) is 13.5 Å². The molecule has 0 amide bonds. The van der Waals surface area contributed by atoms with Crippen LogP contribution < -0.4 is 5.32 Å². The van der Waals surface area contributed by atoms with Gasteiger partial charge in [-0.3, -0.25) is 0 Å². The zero-order valence-corrected chi connectivity index (χ0v) is 9.74. The maximum Gasteiger partial charge on any atom is 0.282 e. The van der Waals surface area contributed by atoms with E-state index in [0.29, 0.717) is 18.5 Å². The lowest BCUT2D eigenvalue weighted by Gasteiger charge is -2.15. The van der Waals surface area contributed by atoms with Gasteiger partial charge in [0.05, 0.1) is 11.4 Å². The molecule has 2 heterocycles. The van der Waals surface area contributed by atoms with E-state index in [4.69, 9.17) is 0 Å². The highest BCUT2D eigenvalue weighted by Gasteiger charge is 2.25. The molecule has 0 saturated carbocycles. The molecule has 1 aromatic carbocycles. The van der Waals surface area contributed by atoms with Crippen LogP contribution in [0.5, 0.6) is 0 Å². The summed E-state index contributed by atoms with van der Waals surface area (Å²) in [5.74, 6) is 0. The van der Waals surface area contributed by atoms with E-state index in [-0.39, 0.29) is 5.69 Å². The molecule has 3 rings (SSSR count). The Morgan fingerprint density at radius 3 is 2.72 bits per heavy atom. The van der Waals surface area contributed by atoms with Crippen LogP contribution >= 0.6 is 0 Å². The summed E-state index contributed by atoms with van der Waals surface area (Å²) < 4.78 is 27.6. The van der Waals surface area contributed by atoms with Gasteiger partial charge in [0.1, 0.15) is 5.69 Å². The van der Waals surface area contributed by atoms with Crippen LogP contribution in [0, 0.1) is 0 Å². The number of alkyl halides is 2. The molecule has 18 heavy (non-hydrogen) atoms. The summed E-state index contributed by atoms with van der Waals surface area (Å²) >= 11 is 0. The van der Waals surface area contributed by atoms with E-state index >= 15 is 0 Å². The number of benzene rings is 1. The van der Waals surface area contributed by atoms with Gasteiger partial charge < -0.3 is 5.32 Å². The van der Waals surface area contributed by atoms with E-state index in [1.807, 2.05) is 30.3 Å². The second kappa shape index (κ2) is 4.49. The standard InChI is InChI=1S/C13H13F2N3/c14-13(15)12-10-6-7-16-8-11(10)18(17-12)9-4-2-1-3-5-9/h1-5,13,16H,6-8H2. The van der Waals surface area contributed by atoms with Crippen molar-refractivity contribution in [2.45, 2.75) is 19.4 Å². The van der Waals surface area contributed by atoms with Crippen LogP contribution in [0.3, 0.4) is 0 Å². The van der Waals surface area contributed by atoms with Gasteiger partial charge in [-0.15, -0.1) is 0 Å². The van der Waals surface area contributed by atoms with Crippen molar-refractivity contribution in [3.63, 3.8) is 0 Å². The van der Waals surface area contributed by atoms with Crippen molar-refractivity contribution in [3.8, 4) is 5.69 Å². The van der Waals surface area contributed by atoms with Crippen LogP contribution in [0.4, 0.5) is 8.78 Å². The summed E-state index contributed by atoms with van der Waals surface area (Å²) in [6.45, 7) is 1.32. The lowest BCUT2D eigenvalue weighted by molar-refractivity contribution is 0.144. The number of para-hydroxylation sites is 1. The maximum atomic E-state index is 13.0. The third-order valence-electron chi connectivity index (χ3n) is 3.17. The third kappa shape index (κ3) is 1.80. The smallest absolute Gasteiger partial charge is 0.282 e. The fourth-order valence-corrected chi connectivity index (χ4v) is 2.34. The molecule has 0 atom stereocenters. The van der Waals surface area contributed by atoms with Crippen LogP contribution in [0.15, 0.2) is 30.3 Å². The largest absolute Gasteiger partial charge is 0.311 e. The van der Waals surface area contributed by atoms with Crippen LogP contribution in [0.1, 0.15) is 23.4 Å². The second-order valence-corrected chi connectivity index (χ2v) is 4.29. The van der Waals surface area contributed by atoms with Crippen LogP contribution in [-0.2, 0) is 13.0 Å². The van der Waals surface area contributed by atoms with Crippen molar-refractivity contribution in [2.24, 2.45) is 0 Å². The van der Waals surface area contributed by atoms with Gasteiger partial charge in [-0.05, 0) is 25.1 Å². The highest BCUT2D eigenvalue weighted by Crippen LogP contribution is 2.28. The zero-order chi connectivity index (χ0) is 12.5. The number of nitrogens with one attached hydrogen (secondary N) is 1. The summed E-state index contributed by atoms with van der Waals surface area (Å²) in [4.78, 5) is 0. The summed E-state index contributed by atoms with van der Waals surface area (Å²) in [6, 6.07) is 9.39. The molecule has 2 aromatic rings. The molecule has 1 aliphatic heterocycles. The van der Waals surface area contributed by atoms with E-state index < -0.39 is 6.43 Å². The zero-order valence-electron chi connectivity index (χ0n) is 9.74. The minimum absolute atomic E-state index is 0.0737. The Labute approximate surface area is 103 Å². The number of hydrogen-bond acceptors (Lipinski definition) is 2. The molecular formula is C13H13F2N3. The molecule has 1 aliphatic rings. The molecule has 1 aromatic heterocycles. The van der Waals surface area contributed by atoms with E-state index in [1.165, 1.54) is 0 Å². The summed E-state index contributed by atoms with van der Waals surface area (Å²) in [7, 11) is 0. The minimum atomic E-state index is -2.51. The molecule has 0 fully saturated rings. The minimum Gasteiger partial charge on any atom is -0.311 e. The molecule has 0 spiro atoms. The monoisotopic (exact) mass is 249 g/mol. The molecule has 5 heteroatoms. The first-order chi connectivity index (χ1) is 8.77. The van der Waals surface area contributed by atoms with Crippen molar-refractivity contribution in [1.29, 1.82) is 0 Å². The van der Waals surface area contributed by atoms with E-state index in [1.54, 1.807) is 4.68 Å². The summed E-state index contributed by atoms with van der Waals surface area (Å²) in [5.41, 5.74) is 2.30. The molecule has 0 aliphatic carbocycles. The van der Waals surface area contributed by atoms with Crippen molar-refractivity contribution in [2.75, 3.05) is 6.54 Å². The number of aromatic nitrogens is 2. The van der Waals surface area contributed by atoms with Crippen LogP contribution in [0.2, 0.25) is 0 Å². The SMILES string of the molecule is FC(F)c1nn(-c2ccccc2)c2c1CCNC2. The van der Waals surface area contributed by atoms with E-state index in [9.17, 15) is 8.78 Å². The quantitative estimate of drug-likeness (QED) is 0.886. The lowest BCUT2D eigenvalue weighted by atomic mass is 10.1. The third-order valence-corrected chi connectivity index (χ3v) is 3.17. The molecule has 94 valence electrons. The predicted octanol–water partition coefficient (Wildman–Crippen LogP) is 2.46. The van der Waals surface area contributed by atoms with E-state index in [2.05, 4.69) is 10.4 Å². The Morgan fingerprint density at radius 2 is 2.00 bits per heavy atom. The van der Waals surface area contributed by atoms with Gasteiger partial charge in [0.25, 0.3) is 6.43 Å². The first-order valence-corrected chi connectivity index (χ1v) is 5.92. The number of hydrogen-bond donors (Lipinski definition) is 1. The van der Waals surface area contributed by atoms with Crippen molar-refractivity contribution < 1.29 is 8.78 Å².